The number of nitrogens with zero attached hydrogens (tertiary/aromatic N) is 3. The van der Waals surface area contributed by atoms with Crippen molar-refractivity contribution >= 4 is 16.0 Å². The maximum Gasteiger partial charge on any atom is 0.308 e. The number of rotatable bonds is 3. The monoisotopic (exact) mass is 301 g/mol. The minimum atomic E-state index is -3.53. The van der Waals surface area contributed by atoms with Crippen molar-refractivity contribution in [2.45, 2.75) is 24.7 Å². The van der Waals surface area contributed by atoms with E-state index < -0.39 is 10.0 Å². The molecule has 1 aromatic heterocycles. The van der Waals surface area contributed by atoms with Gasteiger partial charge in [-0.05, 0) is 19.8 Å². The fourth-order valence-electron chi connectivity index (χ4n) is 2.47. The highest BCUT2D eigenvalue weighted by Gasteiger charge is 2.34. The predicted octanol–water partition coefficient (Wildman–Crippen LogP) is 0.302. The van der Waals surface area contributed by atoms with Gasteiger partial charge >= 0.3 is 5.97 Å². The molecule has 0 amide bonds. The molecule has 1 fully saturated rings. The van der Waals surface area contributed by atoms with E-state index in [4.69, 9.17) is 4.74 Å². The average molecular weight is 301 g/mol. The normalized spacial score (nSPS) is 18.1. The second-order valence-corrected chi connectivity index (χ2v) is 6.86. The van der Waals surface area contributed by atoms with Crippen molar-refractivity contribution in [1.82, 2.24) is 14.1 Å². The van der Waals surface area contributed by atoms with E-state index in [-0.39, 0.29) is 16.8 Å². The van der Waals surface area contributed by atoms with E-state index in [0.29, 0.717) is 31.6 Å². The number of aryl methyl sites for hydroxylation is 2. The van der Waals surface area contributed by atoms with E-state index in [1.54, 1.807) is 14.0 Å². The van der Waals surface area contributed by atoms with Gasteiger partial charge in [0.1, 0.15) is 4.90 Å². The molecule has 7 nitrogen and oxygen atoms in total. The highest BCUT2D eigenvalue weighted by atomic mass is 32.2. The summed E-state index contributed by atoms with van der Waals surface area (Å²) in [7, 11) is -0.488. The molecular weight excluding hydrogens is 282 g/mol. The Hall–Kier alpha value is -1.41. The molecule has 1 aliphatic rings. The second-order valence-electron chi connectivity index (χ2n) is 4.95. The number of carbonyl (C=O) groups excluding carboxylic acids is 1. The molecule has 0 aliphatic carbocycles. The molecule has 2 rings (SSSR count). The Labute approximate surface area is 118 Å². The third kappa shape index (κ3) is 2.71. The quantitative estimate of drug-likeness (QED) is 0.750. The topological polar surface area (TPSA) is 81.5 Å². The first-order chi connectivity index (χ1) is 9.36. The largest absolute Gasteiger partial charge is 0.469 e. The van der Waals surface area contributed by atoms with Crippen LogP contribution in [0.2, 0.25) is 0 Å². The maximum absolute atomic E-state index is 12.5. The number of carbonyl (C=O) groups is 1. The van der Waals surface area contributed by atoms with Gasteiger partial charge in [0, 0.05) is 26.3 Å². The summed E-state index contributed by atoms with van der Waals surface area (Å²) >= 11 is 0. The van der Waals surface area contributed by atoms with E-state index in [2.05, 4.69) is 5.10 Å². The van der Waals surface area contributed by atoms with Crippen LogP contribution in [0.4, 0.5) is 0 Å². The first-order valence-electron chi connectivity index (χ1n) is 6.44. The molecule has 1 aliphatic heterocycles. The predicted molar refractivity (Wildman–Crippen MR) is 71.4 cm³/mol. The number of methoxy groups -OCH3 is 1. The standard InChI is InChI=1S/C12H19N3O4S/c1-9-11(8-14(2)13-9)20(17,18)15-6-4-10(5-7-15)12(16)19-3/h8,10H,4-7H2,1-3H3. The van der Waals surface area contributed by atoms with Crippen LogP contribution in [0, 0.1) is 12.8 Å². The molecule has 0 radical (unpaired) electrons. The highest BCUT2D eigenvalue weighted by Crippen LogP contribution is 2.25. The third-order valence-corrected chi connectivity index (χ3v) is 5.58. The molecule has 8 heteroatoms. The fraction of sp³-hybridized carbons (Fsp3) is 0.667. The summed E-state index contributed by atoms with van der Waals surface area (Å²) in [6.07, 6.45) is 2.49. The van der Waals surface area contributed by atoms with Crippen LogP contribution in [0.1, 0.15) is 18.5 Å². The van der Waals surface area contributed by atoms with Crippen LogP contribution in [-0.4, -0.2) is 48.7 Å². The van der Waals surface area contributed by atoms with Crippen LogP contribution in [0.25, 0.3) is 0 Å². The van der Waals surface area contributed by atoms with E-state index in [0.717, 1.165) is 0 Å². The minimum absolute atomic E-state index is 0.207. The molecule has 0 bridgehead atoms. The van der Waals surface area contributed by atoms with Gasteiger partial charge in [-0.3, -0.25) is 9.48 Å². The van der Waals surface area contributed by atoms with Gasteiger partial charge in [0.25, 0.3) is 0 Å². The van der Waals surface area contributed by atoms with Gasteiger partial charge in [0.15, 0.2) is 0 Å². The Morgan fingerprint density at radius 2 is 2.00 bits per heavy atom. The van der Waals surface area contributed by atoms with Crippen LogP contribution in [0.3, 0.4) is 0 Å². The van der Waals surface area contributed by atoms with Gasteiger partial charge in [-0.15, -0.1) is 0 Å². The van der Waals surface area contributed by atoms with Crippen LogP contribution in [0.15, 0.2) is 11.1 Å². The SMILES string of the molecule is COC(=O)C1CCN(S(=O)(=O)c2cn(C)nc2C)CC1. The number of ether oxygens (including phenoxy) is 1. The maximum atomic E-state index is 12.5. The Balaban J connectivity index is 2.14. The Morgan fingerprint density at radius 3 is 2.45 bits per heavy atom. The Kier molecular flexibility index (Phi) is 4.14. The fourth-order valence-corrected chi connectivity index (χ4v) is 4.14. The number of piperidine rings is 1. The number of esters is 1. The highest BCUT2D eigenvalue weighted by molar-refractivity contribution is 7.89. The summed E-state index contributed by atoms with van der Waals surface area (Å²) < 4.78 is 32.6. The number of hydrogen-bond acceptors (Lipinski definition) is 5. The van der Waals surface area contributed by atoms with E-state index >= 15 is 0 Å². The Bertz CT molecular complexity index is 600. The van der Waals surface area contributed by atoms with Crippen molar-refractivity contribution in [3.8, 4) is 0 Å². The van der Waals surface area contributed by atoms with Crippen LogP contribution < -0.4 is 0 Å². The van der Waals surface area contributed by atoms with Crippen molar-refractivity contribution in [3.63, 3.8) is 0 Å². The van der Waals surface area contributed by atoms with E-state index in [9.17, 15) is 13.2 Å². The first-order valence-corrected chi connectivity index (χ1v) is 7.88. The van der Waals surface area contributed by atoms with Crippen molar-refractivity contribution < 1.29 is 17.9 Å². The van der Waals surface area contributed by atoms with Gasteiger partial charge in [0.2, 0.25) is 10.0 Å². The van der Waals surface area contributed by atoms with Crippen molar-refractivity contribution in [1.29, 1.82) is 0 Å². The van der Waals surface area contributed by atoms with E-state index in [1.165, 1.54) is 22.3 Å². The molecule has 0 aromatic carbocycles. The van der Waals surface area contributed by atoms with Gasteiger partial charge in [-0.1, -0.05) is 0 Å². The lowest BCUT2D eigenvalue weighted by atomic mass is 9.99. The zero-order valence-corrected chi connectivity index (χ0v) is 12.7. The molecule has 0 saturated carbocycles. The molecule has 112 valence electrons. The molecule has 0 unspecified atom stereocenters. The summed E-state index contributed by atoms with van der Waals surface area (Å²) in [5.74, 6) is -0.471. The van der Waals surface area contributed by atoms with Crippen molar-refractivity contribution in [2.75, 3.05) is 20.2 Å². The smallest absolute Gasteiger partial charge is 0.308 e. The molecule has 0 N–H and O–H groups in total. The zero-order chi connectivity index (χ0) is 14.9. The van der Waals surface area contributed by atoms with Crippen LogP contribution >= 0.6 is 0 Å². The molecule has 20 heavy (non-hydrogen) atoms. The number of sulfonamides is 1. The van der Waals surface area contributed by atoms with Gasteiger partial charge in [-0.2, -0.15) is 9.40 Å². The molecule has 0 atom stereocenters. The number of aromatic nitrogens is 2. The summed E-state index contributed by atoms with van der Waals surface area (Å²) in [6.45, 7) is 2.33. The number of hydrogen-bond donors (Lipinski definition) is 0. The van der Waals surface area contributed by atoms with Crippen molar-refractivity contribution in [3.05, 3.63) is 11.9 Å². The summed E-state index contributed by atoms with van der Waals surface area (Å²) in [6, 6.07) is 0. The van der Waals surface area contributed by atoms with E-state index in [1.807, 2.05) is 0 Å². The lowest BCUT2D eigenvalue weighted by Gasteiger charge is -2.29. The summed E-state index contributed by atoms with van der Waals surface area (Å²) in [4.78, 5) is 11.7. The van der Waals surface area contributed by atoms with Gasteiger partial charge in [-0.25, -0.2) is 8.42 Å². The Morgan fingerprint density at radius 1 is 1.40 bits per heavy atom. The third-order valence-electron chi connectivity index (χ3n) is 3.57. The van der Waals surface area contributed by atoms with Crippen LogP contribution in [0.5, 0.6) is 0 Å². The first kappa shape index (κ1) is 15.0. The molecular formula is C12H19N3O4S. The molecule has 1 aromatic rings. The molecule has 2 heterocycles. The van der Waals surface area contributed by atoms with Crippen molar-refractivity contribution in [2.24, 2.45) is 13.0 Å². The van der Waals surface area contributed by atoms with Crippen LogP contribution in [-0.2, 0) is 26.6 Å². The lowest BCUT2D eigenvalue weighted by Crippen LogP contribution is -2.40. The lowest BCUT2D eigenvalue weighted by molar-refractivity contribution is -0.146. The second kappa shape index (κ2) is 5.53. The minimum Gasteiger partial charge on any atom is -0.469 e. The zero-order valence-electron chi connectivity index (χ0n) is 11.9. The van der Waals surface area contributed by atoms with Gasteiger partial charge in [0.05, 0.1) is 18.7 Å². The molecule has 1 saturated heterocycles. The summed E-state index contributed by atoms with van der Waals surface area (Å²) in [5, 5.41) is 4.07. The molecule has 0 spiro atoms. The summed E-state index contributed by atoms with van der Waals surface area (Å²) in [5.41, 5.74) is 0.489. The average Bonchev–Trinajstić information content (AvgIpc) is 2.77. The van der Waals surface area contributed by atoms with Gasteiger partial charge < -0.3 is 4.74 Å².